The van der Waals surface area contributed by atoms with Crippen LogP contribution in [0.5, 0.6) is 0 Å². The highest BCUT2D eigenvalue weighted by molar-refractivity contribution is 5.54. The monoisotopic (exact) mass is 269 g/mol. The topological polar surface area (TPSA) is 64.9 Å². The number of hydrogen-bond donors (Lipinski definition) is 1. The maximum atomic E-state index is 13.2. The molecular weight excluding hydrogens is 257 g/mol. The van der Waals surface area contributed by atoms with Crippen LogP contribution in [0.25, 0.3) is 11.4 Å². The molecule has 0 saturated heterocycles. The molecule has 0 aliphatic carbocycles. The molecule has 1 atom stereocenters. The van der Waals surface area contributed by atoms with Gasteiger partial charge in [0.2, 0.25) is 11.7 Å². The Bertz CT molecular complexity index is 712. The van der Waals surface area contributed by atoms with E-state index in [9.17, 15) is 4.39 Å². The van der Waals surface area contributed by atoms with Crippen molar-refractivity contribution in [2.45, 2.75) is 6.04 Å². The first kappa shape index (κ1) is 12.5. The van der Waals surface area contributed by atoms with E-state index >= 15 is 0 Å². The summed E-state index contributed by atoms with van der Waals surface area (Å²) >= 11 is 0. The summed E-state index contributed by atoms with van der Waals surface area (Å²) in [6, 6.07) is 15.0. The van der Waals surface area contributed by atoms with Crippen molar-refractivity contribution in [2.75, 3.05) is 0 Å². The van der Waals surface area contributed by atoms with Crippen LogP contribution in [-0.4, -0.2) is 10.1 Å². The molecule has 2 N–H and O–H groups in total. The van der Waals surface area contributed by atoms with Gasteiger partial charge in [0.05, 0.1) is 0 Å². The molecular formula is C15H12FN3O. The third kappa shape index (κ3) is 2.44. The quantitative estimate of drug-likeness (QED) is 0.794. The molecule has 3 aromatic rings. The molecule has 0 spiro atoms. The first-order valence-electron chi connectivity index (χ1n) is 6.14. The fourth-order valence-corrected chi connectivity index (χ4v) is 1.91. The number of nitrogens with zero attached hydrogens (tertiary/aromatic N) is 2. The number of hydrogen-bond acceptors (Lipinski definition) is 4. The fourth-order valence-electron chi connectivity index (χ4n) is 1.91. The third-order valence-corrected chi connectivity index (χ3v) is 2.95. The van der Waals surface area contributed by atoms with E-state index in [1.807, 2.05) is 30.3 Å². The molecule has 1 aromatic heterocycles. The highest BCUT2D eigenvalue weighted by atomic mass is 19.1. The molecule has 0 radical (unpaired) electrons. The lowest BCUT2D eigenvalue weighted by atomic mass is 10.1. The SMILES string of the molecule is NC(c1ccccc1)c1nc(-c2cccc(F)c2)no1. The number of halogens is 1. The average molecular weight is 269 g/mol. The van der Waals surface area contributed by atoms with Crippen LogP contribution < -0.4 is 5.73 Å². The van der Waals surface area contributed by atoms with Crippen LogP contribution in [0, 0.1) is 5.82 Å². The van der Waals surface area contributed by atoms with Gasteiger partial charge in [-0.05, 0) is 17.7 Å². The molecule has 0 bridgehead atoms. The van der Waals surface area contributed by atoms with E-state index in [4.69, 9.17) is 10.3 Å². The molecule has 4 nitrogen and oxygen atoms in total. The molecule has 1 unspecified atom stereocenters. The van der Waals surface area contributed by atoms with E-state index in [1.165, 1.54) is 12.1 Å². The van der Waals surface area contributed by atoms with Gasteiger partial charge < -0.3 is 10.3 Å². The zero-order chi connectivity index (χ0) is 13.9. The maximum Gasteiger partial charge on any atom is 0.248 e. The Balaban J connectivity index is 1.91. The third-order valence-electron chi connectivity index (χ3n) is 2.95. The standard InChI is InChI=1S/C15H12FN3O/c16-12-8-4-7-11(9-12)14-18-15(20-19-14)13(17)10-5-2-1-3-6-10/h1-9,13H,17H2. The first-order chi connectivity index (χ1) is 9.74. The molecule has 100 valence electrons. The van der Waals surface area contributed by atoms with E-state index in [-0.39, 0.29) is 5.82 Å². The van der Waals surface area contributed by atoms with Crippen LogP contribution in [0.2, 0.25) is 0 Å². The lowest BCUT2D eigenvalue weighted by Crippen LogP contribution is -2.11. The summed E-state index contributed by atoms with van der Waals surface area (Å²) in [5, 5.41) is 3.84. The second-order valence-corrected chi connectivity index (χ2v) is 4.35. The Hall–Kier alpha value is -2.53. The highest BCUT2D eigenvalue weighted by Gasteiger charge is 2.17. The predicted molar refractivity (Wildman–Crippen MR) is 72.2 cm³/mol. The van der Waals surface area contributed by atoms with Crippen LogP contribution in [0.4, 0.5) is 4.39 Å². The summed E-state index contributed by atoms with van der Waals surface area (Å²) in [6.45, 7) is 0. The molecule has 20 heavy (non-hydrogen) atoms. The zero-order valence-corrected chi connectivity index (χ0v) is 10.5. The van der Waals surface area contributed by atoms with Crippen molar-refractivity contribution in [3.63, 3.8) is 0 Å². The fraction of sp³-hybridized carbons (Fsp3) is 0.0667. The lowest BCUT2D eigenvalue weighted by molar-refractivity contribution is 0.367. The Labute approximate surface area is 115 Å². The Morgan fingerprint density at radius 3 is 2.60 bits per heavy atom. The summed E-state index contributed by atoms with van der Waals surface area (Å²) in [5.41, 5.74) is 7.50. The summed E-state index contributed by atoms with van der Waals surface area (Å²) < 4.78 is 18.3. The second-order valence-electron chi connectivity index (χ2n) is 4.35. The average Bonchev–Trinajstić information content (AvgIpc) is 2.97. The van der Waals surface area contributed by atoms with Crippen LogP contribution in [0.15, 0.2) is 59.1 Å². The van der Waals surface area contributed by atoms with Gasteiger partial charge in [0.15, 0.2) is 0 Å². The van der Waals surface area contributed by atoms with Gasteiger partial charge in [0.1, 0.15) is 11.9 Å². The highest BCUT2D eigenvalue weighted by Crippen LogP contribution is 2.22. The summed E-state index contributed by atoms with van der Waals surface area (Å²) in [4.78, 5) is 4.23. The van der Waals surface area contributed by atoms with Gasteiger partial charge in [-0.1, -0.05) is 47.6 Å². The zero-order valence-electron chi connectivity index (χ0n) is 10.5. The largest absolute Gasteiger partial charge is 0.337 e. The van der Waals surface area contributed by atoms with Crippen LogP contribution in [-0.2, 0) is 0 Å². The van der Waals surface area contributed by atoms with Gasteiger partial charge in [-0.3, -0.25) is 0 Å². The summed E-state index contributed by atoms with van der Waals surface area (Å²) in [6.07, 6.45) is 0. The summed E-state index contributed by atoms with van der Waals surface area (Å²) in [7, 11) is 0. The molecule has 0 saturated carbocycles. The van der Waals surface area contributed by atoms with Crippen molar-refractivity contribution in [1.29, 1.82) is 0 Å². The second kappa shape index (κ2) is 5.22. The number of benzene rings is 2. The van der Waals surface area contributed by atoms with Crippen molar-refractivity contribution in [1.82, 2.24) is 10.1 Å². The minimum absolute atomic E-state index is 0.301. The van der Waals surface area contributed by atoms with Crippen molar-refractivity contribution in [3.8, 4) is 11.4 Å². The molecule has 1 heterocycles. The van der Waals surface area contributed by atoms with E-state index < -0.39 is 6.04 Å². The Morgan fingerprint density at radius 1 is 1.05 bits per heavy atom. The Kier molecular flexibility index (Phi) is 3.26. The van der Waals surface area contributed by atoms with Crippen molar-refractivity contribution >= 4 is 0 Å². The van der Waals surface area contributed by atoms with Gasteiger partial charge in [-0.15, -0.1) is 0 Å². The van der Waals surface area contributed by atoms with E-state index in [0.717, 1.165) is 5.56 Å². The van der Waals surface area contributed by atoms with Crippen molar-refractivity contribution in [2.24, 2.45) is 5.73 Å². The lowest BCUT2D eigenvalue weighted by Gasteiger charge is -2.05. The van der Waals surface area contributed by atoms with Gasteiger partial charge >= 0.3 is 0 Å². The number of rotatable bonds is 3. The predicted octanol–water partition coefficient (Wildman–Crippen LogP) is 2.92. The number of nitrogens with two attached hydrogens (primary N) is 1. The maximum absolute atomic E-state index is 13.2. The number of aromatic nitrogens is 2. The minimum atomic E-state index is -0.494. The van der Waals surface area contributed by atoms with Crippen molar-refractivity contribution < 1.29 is 8.91 Å². The van der Waals surface area contributed by atoms with Gasteiger partial charge in [-0.25, -0.2) is 4.39 Å². The molecule has 0 fully saturated rings. The normalized spacial score (nSPS) is 12.3. The van der Waals surface area contributed by atoms with Crippen LogP contribution >= 0.6 is 0 Å². The van der Waals surface area contributed by atoms with Crippen LogP contribution in [0.3, 0.4) is 0 Å². The van der Waals surface area contributed by atoms with E-state index in [2.05, 4.69) is 10.1 Å². The molecule has 0 aliphatic heterocycles. The first-order valence-corrected chi connectivity index (χ1v) is 6.14. The van der Waals surface area contributed by atoms with E-state index in [0.29, 0.717) is 17.3 Å². The molecule has 2 aromatic carbocycles. The Morgan fingerprint density at radius 2 is 1.85 bits per heavy atom. The van der Waals surface area contributed by atoms with Crippen LogP contribution in [0.1, 0.15) is 17.5 Å². The van der Waals surface area contributed by atoms with Gasteiger partial charge in [-0.2, -0.15) is 4.98 Å². The smallest absolute Gasteiger partial charge is 0.248 e. The van der Waals surface area contributed by atoms with Crippen molar-refractivity contribution in [3.05, 3.63) is 71.9 Å². The molecule has 0 aliphatic rings. The minimum Gasteiger partial charge on any atom is -0.337 e. The molecule has 3 rings (SSSR count). The molecule has 5 heteroatoms. The van der Waals surface area contributed by atoms with E-state index in [1.54, 1.807) is 12.1 Å². The van der Waals surface area contributed by atoms with Gasteiger partial charge in [0.25, 0.3) is 0 Å². The summed E-state index contributed by atoms with van der Waals surface area (Å²) in [5.74, 6) is 0.280. The molecule has 0 amide bonds. The van der Waals surface area contributed by atoms with Gasteiger partial charge in [0, 0.05) is 5.56 Å².